The number of rotatable bonds is 6. The van der Waals surface area contributed by atoms with E-state index in [1.54, 1.807) is 0 Å². The minimum absolute atomic E-state index is 0.00130. The molecule has 0 aliphatic heterocycles. The van der Waals surface area contributed by atoms with Crippen molar-refractivity contribution in [3.63, 3.8) is 0 Å². The SMILES string of the molecule is NC(=O)c1ccc(SCC(=O)Nc2ccc(F)cc2Cl)c([N+](=O)[O-])c1. The highest BCUT2D eigenvalue weighted by Crippen LogP contribution is 2.30. The van der Waals surface area contributed by atoms with Gasteiger partial charge in [0.1, 0.15) is 5.82 Å². The summed E-state index contributed by atoms with van der Waals surface area (Å²) >= 11 is 6.72. The van der Waals surface area contributed by atoms with Crippen LogP contribution in [0.5, 0.6) is 0 Å². The fourth-order valence-corrected chi connectivity index (χ4v) is 2.87. The molecule has 0 fully saturated rings. The maximum absolute atomic E-state index is 13.0. The predicted molar refractivity (Wildman–Crippen MR) is 92.4 cm³/mol. The predicted octanol–water partition coefficient (Wildman–Crippen LogP) is 3.22. The van der Waals surface area contributed by atoms with Crippen LogP contribution < -0.4 is 11.1 Å². The minimum atomic E-state index is -0.789. The number of halogens is 2. The lowest BCUT2D eigenvalue weighted by atomic mass is 10.2. The number of nitrogens with zero attached hydrogens (tertiary/aromatic N) is 1. The first-order valence-electron chi connectivity index (χ1n) is 6.74. The van der Waals surface area contributed by atoms with Gasteiger partial charge in [0.05, 0.1) is 26.3 Å². The molecule has 0 bridgehead atoms. The molecule has 0 unspecified atom stereocenters. The molecule has 2 aromatic carbocycles. The standard InChI is InChI=1S/C15H11ClFN3O4S/c16-10-6-9(17)2-3-11(10)19-14(21)7-25-13-4-1-8(15(18)22)5-12(13)20(23)24/h1-6H,7H2,(H2,18,22)(H,19,21). The first kappa shape index (κ1) is 18.7. The molecular formula is C15H11ClFN3O4S. The summed E-state index contributed by atoms with van der Waals surface area (Å²) in [7, 11) is 0. The van der Waals surface area contributed by atoms with Gasteiger partial charge in [-0.05, 0) is 30.3 Å². The van der Waals surface area contributed by atoms with E-state index in [4.69, 9.17) is 17.3 Å². The van der Waals surface area contributed by atoms with E-state index in [1.807, 2.05) is 0 Å². The largest absolute Gasteiger partial charge is 0.366 e. The summed E-state index contributed by atoms with van der Waals surface area (Å²) in [4.78, 5) is 33.7. The van der Waals surface area contributed by atoms with Crippen LogP contribution in [0.1, 0.15) is 10.4 Å². The number of carbonyl (C=O) groups excluding carboxylic acids is 2. The van der Waals surface area contributed by atoms with Crippen LogP contribution in [0.3, 0.4) is 0 Å². The van der Waals surface area contributed by atoms with E-state index < -0.39 is 22.6 Å². The Balaban J connectivity index is 2.08. The Morgan fingerprint density at radius 1 is 1.28 bits per heavy atom. The lowest BCUT2D eigenvalue weighted by molar-refractivity contribution is -0.387. The Kier molecular flexibility index (Phi) is 5.94. The Morgan fingerprint density at radius 3 is 2.60 bits per heavy atom. The van der Waals surface area contributed by atoms with E-state index in [9.17, 15) is 24.1 Å². The molecule has 0 atom stereocenters. The number of thioether (sulfide) groups is 1. The molecule has 2 rings (SSSR count). The summed E-state index contributed by atoms with van der Waals surface area (Å²) in [5, 5.41) is 13.6. The second-order valence-electron chi connectivity index (χ2n) is 4.76. The number of nitro benzene ring substituents is 1. The Bertz CT molecular complexity index is 863. The van der Waals surface area contributed by atoms with Crippen LogP contribution in [0.15, 0.2) is 41.3 Å². The molecule has 7 nitrogen and oxygen atoms in total. The Hall–Kier alpha value is -2.65. The summed E-state index contributed by atoms with van der Waals surface area (Å²) in [6, 6.07) is 7.25. The van der Waals surface area contributed by atoms with Crippen molar-refractivity contribution in [3.05, 3.63) is 62.9 Å². The lowest BCUT2D eigenvalue weighted by Crippen LogP contribution is -2.14. The van der Waals surface area contributed by atoms with Crippen molar-refractivity contribution >= 4 is 46.6 Å². The van der Waals surface area contributed by atoms with E-state index >= 15 is 0 Å². The smallest absolute Gasteiger partial charge is 0.283 e. The number of hydrogen-bond donors (Lipinski definition) is 2. The van der Waals surface area contributed by atoms with Gasteiger partial charge in [0.2, 0.25) is 11.8 Å². The summed E-state index contributed by atoms with van der Waals surface area (Å²) in [5.74, 6) is -1.96. The van der Waals surface area contributed by atoms with Gasteiger partial charge < -0.3 is 11.1 Å². The number of amides is 2. The Morgan fingerprint density at radius 2 is 2.00 bits per heavy atom. The molecular weight excluding hydrogens is 373 g/mol. The molecule has 0 radical (unpaired) electrons. The zero-order chi connectivity index (χ0) is 18.6. The highest BCUT2D eigenvalue weighted by molar-refractivity contribution is 8.00. The van der Waals surface area contributed by atoms with Crippen LogP contribution >= 0.6 is 23.4 Å². The van der Waals surface area contributed by atoms with Crippen molar-refractivity contribution in [2.24, 2.45) is 5.73 Å². The molecule has 0 spiro atoms. The maximum atomic E-state index is 13.0. The molecule has 2 aromatic rings. The fraction of sp³-hybridized carbons (Fsp3) is 0.0667. The monoisotopic (exact) mass is 383 g/mol. The van der Waals surface area contributed by atoms with Gasteiger partial charge in [-0.25, -0.2) is 4.39 Å². The average Bonchev–Trinajstić information content (AvgIpc) is 2.55. The molecule has 0 aliphatic carbocycles. The molecule has 0 aromatic heterocycles. The molecule has 2 amide bonds. The van der Waals surface area contributed by atoms with Crippen LogP contribution in [0.2, 0.25) is 5.02 Å². The quantitative estimate of drug-likeness (QED) is 0.451. The maximum Gasteiger partial charge on any atom is 0.283 e. The van der Waals surface area contributed by atoms with Crippen molar-refractivity contribution in [3.8, 4) is 0 Å². The van der Waals surface area contributed by atoms with Gasteiger partial charge in [0.15, 0.2) is 0 Å². The number of hydrogen-bond acceptors (Lipinski definition) is 5. The second-order valence-corrected chi connectivity index (χ2v) is 6.19. The molecule has 3 N–H and O–H groups in total. The van der Waals surface area contributed by atoms with Crippen molar-refractivity contribution in [1.29, 1.82) is 0 Å². The first-order chi connectivity index (χ1) is 11.8. The summed E-state index contributed by atoms with van der Waals surface area (Å²) in [6.07, 6.45) is 0. The van der Waals surface area contributed by atoms with E-state index in [0.29, 0.717) is 0 Å². The number of primary amides is 1. The summed E-state index contributed by atoms with van der Waals surface area (Å²) < 4.78 is 13.0. The third-order valence-corrected chi connectivity index (χ3v) is 4.38. The lowest BCUT2D eigenvalue weighted by Gasteiger charge is -2.08. The minimum Gasteiger partial charge on any atom is -0.366 e. The average molecular weight is 384 g/mol. The topological polar surface area (TPSA) is 115 Å². The first-order valence-corrected chi connectivity index (χ1v) is 8.10. The van der Waals surface area contributed by atoms with E-state index in [0.717, 1.165) is 30.0 Å². The number of benzene rings is 2. The molecule has 0 aliphatic rings. The number of nitrogens with one attached hydrogen (secondary N) is 1. The molecule has 0 saturated heterocycles. The third-order valence-electron chi connectivity index (χ3n) is 3.00. The number of nitro groups is 1. The van der Waals surface area contributed by atoms with Gasteiger partial charge in [-0.2, -0.15) is 0 Å². The van der Waals surface area contributed by atoms with Crippen LogP contribution in [-0.4, -0.2) is 22.5 Å². The van der Waals surface area contributed by atoms with E-state index in [2.05, 4.69) is 5.32 Å². The van der Waals surface area contributed by atoms with Crippen LogP contribution in [-0.2, 0) is 4.79 Å². The van der Waals surface area contributed by atoms with Crippen molar-refractivity contribution in [1.82, 2.24) is 0 Å². The number of carbonyl (C=O) groups is 2. The van der Waals surface area contributed by atoms with E-state index in [-0.39, 0.29) is 32.6 Å². The fourth-order valence-electron chi connectivity index (χ4n) is 1.86. The van der Waals surface area contributed by atoms with Gasteiger partial charge in [0.25, 0.3) is 5.69 Å². The second kappa shape index (κ2) is 7.95. The van der Waals surface area contributed by atoms with Crippen molar-refractivity contribution in [2.75, 3.05) is 11.1 Å². The summed E-state index contributed by atoms with van der Waals surface area (Å²) in [5.41, 5.74) is 5.00. The van der Waals surface area contributed by atoms with Crippen LogP contribution in [0.4, 0.5) is 15.8 Å². The molecule has 10 heteroatoms. The van der Waals surface area contributed by atoms with Gasteiger partial charge in [-0.3, -0.25) is 19.7 Å². The number of nitrogens with two attached hydrogens (primary N) is 1. The van der Waals surface area contributed by atoms with Gasteiger partial charge in [0, 0.05) is 11.6 Å². The van der Waals surface area contributed by atoms with Crippen LogP contribution in [0, 0.1) is 15.9 Å². The van der Waals surface area contributed by atoms with Crippen molar-refractivity contribution < 1.29 is 18.9 Å². The normalized spacial score (nSPS) is 10.3. The molecule has 0 heterocycles. The zero-order valence-electron chi connectivity index (χ0n) is 12.5. The zero-order valence-corrected chi connectivity index (χ0v) is 14.1. The van der Waals surface area contributed by atoms with Gasteiger partial charge in [-0.15, -0.1) is 11.8 Å². The highest BCUT2D eigenvalue weighted by atomic mass is 35.5. The van der Waals surface area contributed by atoms with Gasteiger partial charge >= 0.3 is 0 Å². The Labute approximate surface area is 150 Å². The van der Waals surface area contributed by atoms with Gasteiger partial charge in [-0.1, -0.05) is 11.6 Å². The molecule has 0 saturated carbocycles. The van der Waals surface area contributed by atoms with E-state index in [1.165, 1.54) is 18.2 Å². The highest BCUT2D eigenvalue weighted by Gasteiger charge is 2.18. The third kappa shape index (κ3) is 4.91. The molecule has 130 valence electrons. The van der Waals surface area contributed by atoms with Crippen molar-refractivity contribution in [2.45, 2.75) is 4.90 Å². The summed E-state index contributed by atoms with van der Waals surface area (Å²) in [6.45, 7) is 0. The van der Waals surface area contributed by atoms with Crippen LogP contribution in [0.25, 0.3) is 0 Å². The molecule has 25 heavy (non-hydrogen) atoms. The number of anilines is 1.